The van der Waals surface area contributed by atoms with Crippen molar-refractivity contribution in [3.8, 4) is 0 Å². The van der Waals surface area contributed by atoms with E-state index in [2.05, 4.69) is 17.4 Å². The minimum absolute atomic E-state index is 0.0886. The van der Waals surface area contributed by atoms with Crippen LogP contribution >= 0.6 is 11.8 Å². The van der Waals surface area contributed by atoms with Gasteiger partial charge in [0.05, 0.1) is 6.04 Å². The number of halogens is 1. The van der Waals surface area contributed by atoms with Gasteiger partial charge in [-0.3, -0.25) is 0 Å². The third-order valence-corrected chi connectivity index (χ3v) is 4.45. The molecule has 1 unspecified atom stereocenters. The molecule has 0 radical (unpaired) electrons. The fourth-order valence-electron chi connectivity index (χ4n) is 2.21. The average Bonchev–Trinajstić information content (AvgIpc) is 2.92. The van der Waals surface area contributed by atoms with Crippen LogP contribution in [0.4, 0.5) is 4.39 Å². The van der Waals surface area contributed by atoms with Gasteiger partial charge in [-0.15, -0.1) is 11.8 Å². The van der Waals surface area contributed by atoms with Crippen LogP contribution in [0, 0.1) is 5.82 Å². The maximum Gasteiger partial charge on any atom is 0.134 e. The molecule has 0 aliphatic rings. The van der Waals surface area contributed by atoms with E-state index >= 15 is 0 Å². The number of benzene rings is 2. The van der Waals surface area contributed by atoms with Crippen LogP contribution in [-0.2, 0) is 0 Å². The molecule has 1 heterocycles. The zero-order chi connectivity index (χ0) is 14.7. The summed E-state index contributed by atoms with van der Waals surface area (Å²) in [6, 6.07) is 16.8. The molecule has 21 heavy (non-hydrogen) atoms. The largest absolute Gasteiger partial charge is 0.459 e. The van der Waals surface area contributed by atoms with E-state index in [9.17, 15) is 4.39 Å². The molecule has 2 nitrogen and oxygen atoms in total. The number of thioether (sulfide) groups is 1. The molecule has 108 valence electrons. The topological polar surface area (TPSA) is 25.2 Å². The Morgan fingerprint density at radius 2 is 1.95 bits per heavy atom. The van der Waals surface area contributed by atoms with Crippen LogP contribution in [0.2, 0.25) is 0 Å². The summed E-state index contributed by atoms with van der Waals surface area (Å²) in [5.74, 6) is 1.44. The quantitative estimate of drug-likeness (QED) is 0.696. The Kier molecular flexibility index (Phi) is 4.27. The lowest BCUT2D eigenvalue weighted by Gasteiger charge is -2.12. The maximum atomic E-state index is 13.2. The lowest BCUT2D eigenvalue weighted by Crippen LogP contribution is -2.17. The fraction of sp³-hybridized carbons (Fsp3) is 0.176. The van der Waals surface area contributed by atoms with Crippen LogP contribution < -0.4 is 5.32 Å². The van der Waals surface area contributed by atoms with Crippen molar-refractivity contribution >= 4 is 22.7 Å². The van der Waals surface area contributed by atoms with Gasteiger partial charge in [0.2, 0.25) is 0 Å². The number of hydrogen-bond donors (Lipinski definition) is 1. The van der Waals surface area contributed by atoms with E-state index in [4.69, 9.17) is 4.42 Å². The second-order valence-electron chi connectivity index (χ2n) is 4.80. The third-order valence-electron chi connectivity index (χ3n) is 3.35. The van der Waals surface area contributed by atoms with Crippen molar-refractivity contribution in [2.45, 2.75) is 10.9 Å². The van der Waals surface area contributed by atoms with Crippen molar-refractivity contribution in [2.24, 2.45) is 0 Å². The van der Waals surface area contributed by atoms with E-state index in [1.165, 1.54) is 17.0 Å². The fourth-order valence-corrected chi connectivity index (χ4v) is 3.25. The zero-order valence-electron chi connectivity index (χ0n) is 11.7. The van der Waals surface area contributed by atoms with Crippen LogP contribution in [0.3, 0.4) is 0 Å². The highest BCUT2D eigenvalue weighted by atomic mass is 32.2. The summed E-state index contributed by atoms with van der Waals surface area (Å²) in [4.78, 5) is 1.22. The number of fused-ring (bicyclic) bond motifs is 1. The van der Waals surface area contributed by atoms with Crippen molar-refractivity contribution in [1.29, 1.82) is 0 Å². The Balaban J connectivity index is 1.78. The second-order valence-corrected chi connectivity index (χ2v) is 5.89. The van der Waals surface area contributed by atoms with Gasteiger partial charge in [-0.05, 0) is 43.4 Å². The van der Waals surface area contributed by atoms with Crippen molar-refractivity contribution in [3.05, 3.63) is 66.2 Å². The Hall–Kier alpha value is -1.78. The summed E-state index contributed by atoms with van der Waals surface area (Å²) >= 11 is 1.76. The predicted octanol–water partition coefficient (Wildman–Crippen LogP) is 4.62. The highest BCUT2D eigenvalue weighted by Gasteiger charge is 2.15. The predicted molar refractivity (Wildman–Crippen MR) is 85.1 cm³/mol. The molecular formula is C17H16FNOS. The number of hydrogen-bond acceptors (Lipinski definition) is 3. The molecule has 3 aromatic rings. The van der Waals surface area contributed by atoms with Gasteiger partial charge in [0.15, 0.2) is 0 Å². The summed E-state index contributed by atoms with van der Waals surface area (Å²) in [6.45, 7) is 0. The lowest BCUT2D eigenvalue weighted by atomic mass is 10.2. The Morgan fingerprint density at radius 3 is 2.71 bits per heavy atom. The molecule has 0 saturated heterocycles. The Labute approximate surface area is 127 Å². The average molecular weight is 301 g/mol. The van der Waals surface area contributed by atoms with Gasteiger partial charge in [0.1, 0.15) is 17.2 Å². The lowest BCUT2D eigenvalue weighted by molar-refractivity contribution is 0.479. The van der Waals surface area contributed by atoms with Crippen LogP contribution in [0.5, 0.6) is 0 Å². The zero-order valence-corrected chi connectivity index (χ0v) is 12.5. The number of furan rings is 1. The second kappa shape index (κ2) is 6.33. The van der Waals surface area contributed by atoms with Crippen LogP contribution in [0.25, 0.3) is 11.0 Å². The third kappa shape index (κ3) is 3.28. The smallest absolute Gasteiger partial charge is 0.134 e. The highest BCUT2D eigenvalue weighted by molar-refractivity contribution is 7.99. The molecule has 0 amide bonds. The summed E-state index contributed by atoms with van der Waals surface area (Å²) in [5, 5.41) is 4.06. The van der Waals surface area contributed by atoms with Gasteiger partial charge in [-0.25, -0.2) is 4.39 Å². The van der Waals surface area contributed by atoms with Crippen LogP contribution in [0.15, 0.2) is 63.9 Å². The Morgan fingerprint density at radius 1 is 1.14 bits per heavy atom. The molecular weight excluding hydrogens is 285 g/mol. The van der Waals surface area contributed by atoms with Gasteiger partial charge in [0, 0.05) is 16.0 Å². The first-order chi connectivity index (χ1) is 10.3. The molecule has 0 aliphatic heterocycles. The molecule has 0 spiro atoms. The highest BCUT2D eigenvalue weighted by Crippen LogP contribution is 2.28. The first kappa shape index (κ1) is 14.2. The summed E-state index contributed by atoms with van der Waals surface area (Å²) < 4.78 is 19.1. The van der Waals surface area contributed by atoms with E-state index < -0.39 is 0 Å². The van der Waals surface area contributed by atoms with E-state index in [1.54, 1.807) is 17.8 Å². The van der Waals surface area contributed by atoms with Crippen molar-refractivity contribution in [2.75, 3.05) is 12.8 Å². The van der Waals surface area contributed by atoms with Crippen molar-refractivity contribution < 1.29 is 8.81 Å². The van der Waals surface area contributed by atoms with E-state index in [-0.39, 0.29) is 11.9 Å². The van der Waals surface area contributed by atoms with E-state index in [0.29, 0.717) is 0 Å². The minimum Gasteiger partial charge on any atom is -0.459 e. The van der Waals surface area contributed by atoms with Crippen molar-refractivity contribution in [1.82, 2.24) is 5.32 Å². The van der Waals surface area contributed by atoms with Gasteiger partial charge >= 0.3 is 0 Å². The van der Waals surface area contributed by atoms with Gasteiger partial charge in [-0.2, -0.15) is 0 Å². The summed E-state index contributed by atoms with van der Waals surface area (Å²) in [7, 11) is 1.91. The summed E-state index contributed by atoms with van der Waals surface area (Å²) in [5.41, 5.74) is 0.719. The van der Waals surface area contributed by atoms with E-state index in [0.717, 1.165) is 22.5 Å². The minimum atomic E-state index is -0.241. The number of rotatable bonds is 5. The first-order valence-corrected chi connectivity index (χ1v) is 7.79. The van der Waals surface area contributed by atoms with Crippen LogP contribution in [-0.4, -0.2) is 12.8 Å². The van der Waals surface area contributed by atoms with Crippen molar-refractivity contribution in [3.63, 3.8) is 0 Å². The monoisotopic (exact) mass is 301 g/mol. The SMILES string of the molecule is CNC(CSc1ccccc1)c1cc2cc(F)ccc2o1. The summed E-state index contributed by atoms with van der Waals surface area (Å²) in [6.07, 6.45) is 0. The molecule has 0 saturated carbocycles. The molecule has 0 fully saturated rings. The van der Waals surface area contributed by atoms with Gasteiger partial charge < -0.3 is 9.73 Å². The molecule has 0 aliphatic carbocycles. The maximum absolute atomic E-state index is 13.2. The standard InChI is InChI=1S/C17H16FNOS/c1-19-15(11-21-14-5-3-2-4-6-14)17-10-12-9-13(18)7-8-16(12)20-17/h2-10,15,19H,11H2,1H3. The number of nitrogens with one attached hydrogen (secondary N) is 1. The molecule has 1 aromatic heterocycles. The molecule has 2 aromatic carbocycles. The van der Waals surface area contributed by atoms with E-state index in [1.807, 2.05) is 31.3 Å². The Bertz CT molecular complexity index is 726. The molecule has 1 atom stereocenters. The van der Waals surface area contributed by atoms with Crippen LogP contribution in [0.1, 0.15) is 11.8 Å². The molecule has 4 heteroatoms. The first-order valence-electron chi connectivity index (χ1n) is 6.80. The molecule has 0 bridgehead atoms. The molecule has 1 N–H and O–H groups in total. The normalized spacial score (nSPS) is 12.7. The van der Waals surface area contributed by atoms with Gasteiger partial charge in [0.25, 0.3) is 0 Å². The van der Waals surface area contributed by atoms with Gasteiger partial charge in [-0.1, -0.05) is 18.2 Å². The molecule has 3 rings (SSSR count).